The van der Waals surface area contributed by atoms with Crippen LogP contribution in [0.2, 0.25) is 10.0 Å². The molecule has 1 aromatic heterocycles. The largest absolute Gasteiger partial charge is 0.360 e. The number of aromatic nitrogens is 2. The van der Waals surface area contributed by atoms with Gasteiger partial charge in [0.2, 0.25) is 11.0 Å². The number of nitrogens with zero attached hydrogens (tertiary/aromatic N) is 2. The molecule has 1 amide bonds. The second-order valence-electron chi connectivity index (χ2n) is 4.25. The highest BCUT2D eigenvalue weighted by atomic mass is 35.5. The Morgan fingerprint density at radius 1 is 1.36 bits per heavy atom. The van der Waals surface area contributed by atoms with Gasteiger partial charge in [-0.1, -0.05) is 52.4 Å². The van der Waals surface area contributed by atoms with Crippen LogP contribution in [0.25, 0.3) is 0 Å². The van der Waals surface area contributed by atoms with Crippen LogP contribution in [0, 0.1) is 0 Å². The smallest absolute Gasteiger partial charge is 0.237 e. The number of benzene rings is 1. The standard InChI is InChI=1S/C13H14Cl2N4OS2/c1-3-16-12-18-19-13(22-12)21-7(2)11(20)17-10-8(14)5-4-6-9(10)15/h4-7H,3H2,1-2H3,(H,16,18)(H,17,20). The summed E-state index contributed by atoms with van der Waals surface area (Å²) < 4.78 is 0.726. The Labute approximate surface area is 146 Å². The predicted octanol–water partition coefficient (Wildman–Crippen LogP) is 4.40. The first-order valence-electron chi connectivity index (χ1n) is 6.50. The van der Waals surface area contributed by atoms with Crippen LogP contribution in [0.1, 0.15) is 13.8 Å². The van der Waals surface area contributed by atoms with E-state index in [4.69, 9.17) is 23.2 Å². The van der Waals surface area contributed by atoms with Crippen LogP contribution in [0.15, 0.2) is 22.5 Å². The summed E-state index contributed by atoms with van der Waals surface area (Å²) in [4.78, 5) is 12.2. The molecular weight excluding hydrogens is 363 g/mol. The van der Waals surface area contributed by atoms with Crippen molar-refractivity contribution in [3.05, 3.63) is 28.2 Å². The highest BCUT2D eigenvalue weighted by molar-refractivity contribution is 8.02. The van der Waals surface area contributed by atoms with E-state index in [1.54, 1.807) is 25.1 Å². The fraction of sp³-hybridized carbons (Fsp3) is 0.308. The van der Waals surface area contributed by atoms with Crippen molar-refractivity contribution in [2.45, 2.75) is 23.4 Å². The van der Waals surface area contributed by atoms with E-state index in [-0.39, 0.29) is 11.2 Å². The van der Waals surface area contributed by atoms with Crippen LogP contribution in [0.5, 0.6) is 0 Å². The Bertz CT molecular complexity index is 645. The van der Waals surface area contributed by atoms with Crippen molar-refractivity contribution >= 4 is 63.0 Å². The molecule has 0 spiro atoms. The van der Waals surface area contributed by atoms with Crippen molar-refractivity contribution in [2.75, 3.05) is 17.2 Å². The third-order valence-electron chi connectivity index (χ3n) is 2.59. The molecule has 2 rings (SSSR count). The summed E-state index contributed by atoms with van der Waals surface area (Å²) in [6.07, 6.45) is 0. The Morgan fingerprint density at radius 2 is 2.05 bits per heavy atom. The summed E-state index contributed by atoms with van der Waals surface area (Å²) in [6, 6.07) is 5.07. The van der Waals surface area contributed by atoms with E-state index >= 15 is 0 Å². The van der Waals surface area contributed by atoms with E-state index in [9.17, 15) is 4.79 Å². The molecule has 0 aliphatic carbocycles. The van der Waals surface area contributed by atoms with Gasteiger partial charge in [0, 0.05) is 6.54 Å². The normalized spacial score (nSPS) is 12.0. The maximum absolute atomic E-state index is 12.2. The van der Waals surface area contributed by atoms with Crippen LogP contribution in [0.4, 0.5) is 10.8 Å². The van der Waals surface area contributed by atoms with Gasteiger partial charge in [0.15, 0.2) is 4.34 Å². The molecule has 1 aromatic carbocycles. The number of carbonyl (C=O) groups is 1. The molecule has 0 saturated heterocycles. The Kier molecular flexibility index (Phi) is 6.31. The number of hydrogen-bond donors (Lipinski definition) is 2. The monoisotopic (exact) mass is 376 g/mol. The maximum atomic E-state index is 12.2. The number of halogens is 2. The second kappa shape index (κ2) is 8.01. The molecule has 0 radical (unpaired) electrons. The van der Waals surface area contributed by atoms with Crippen molar-refractivity contribution in [1.82, 2.24) is 10.2 Å². The highest BCUT2D eigenvalue weighted by Gasteiger charge is 2.19. The van der Waals surface area contributed by atoms with Gasteiger partial charge in [-0.2, -0.15) is 0 Å². The van der Waals surface area contributed by atoms with Crippen molar-refractivity contribution in [1.29, 1.82) is 0 Å². The summed E-state index contributed by atoms with van der Waals surface area (Å²) in [5.41, 5.74) is 0.425. The molecular formula is C13H14Cl2N4OS2. The quantitative estimate of drug-likeness (QED) is 0.731. The number of para-hydroxylation sites is 1. The van der Waals surface area contributed by atoms with E-state index < -0.39 is 0 Å². The first kappa shape index (κ1) is 17.3. The maximum Gasteiger partial charge on any atom is 0.237 e. The minimum atomic E-state index is -0.352. The van der Waals surface area contributed by atoms with Crippen molar-refractivity contribution in [3.8, 4) is 0 Å². The predicted molar refractivity (Wildman–Crippen MR) is 94.5 cm³/mol. The molecule has 0 fully saturated rings. The van der Waals surface area contributed by atoms with Crippen molar-refractivity contribution < 1.29 is 4.79 Å². The lowest BCUT2D eigenvalue weighted by atomic mass is 10.3. The lowest BCUT2D eigenvalue weighted by Crippen LogP contribution is -2.22. The molecule has 5 nitrogen and oxygen atoms in total. The number of nitrogens with one attached hydrogen (secondary N) is 2. The molecule has 9 heteroatoms. The highest BCUT2D eigenvalue weighted by Crippen LogP contribution is 2.32. The first-order valence-corrected chi connectivity index (χ1v) is 8.95. The summed E-state index contributed by atoms with van der Waals surface area (Å²) >= 11 is 14.8. The zero-order chi connectivity index (χ0) is 16.1. The van der Waals surface area contributed by atoms with Gasteiger partial charge in [0.25, 0.3) is 0 Å². The van der Waals surface area contributed by atoms with Crippen molar-refractivity contribution in [2.24, 2.45) is 0 Å². The van der Waals surface area contributed by atoms with Crippen LogP contribution in [0.3, 0.4) is 0 Å². The first-order chi connectivity index (χ1) is 10.5. The Hall–Kier alpha value is -1.02. The molecule has 0 saturated carbocycles. The zero-order valence-electron chi connectivity index (χ0n) is 11.9. The molecule has 2 aromatic rings. The minimum Gasteiger partial charge on any atom is -0.360 e. The average Bonchev–Trinajstić information content (AvgIpc) is 2.90. The van der Waals surface area contributed by atoms with E-state index in [2.05, 4.69) is 20.8 Å². The minimum absolute atomic E-state index is 0.194. The van der Waals surface area contributed by atoms with Gasteiger partial charge in [-0.25, -0.2) is 0 Å². The number of hydrogen-bond acceptors (Lipinski definition) is 6. The van der Waals surface area contributed by atoms with Gasteiger partial charge in [0.1, 0.15) is 0 Å². The summed E-state index contributed by atoms with van der Waals surface area (Å²) in [5.74, 6) is -0.194. The molecule has 1 atom stereocenters. The van der Waals surface area contributed by atoms with E-state index in [1.165, 1.54) is 23.1 Å². The molecule has 1 unspecified atom stereocenters. The van der Waals surface area contributed by atoms with E-state index in [0.717, 1.165) is 16.0 Å². The molecule has 1 heterocycles. The van der Waals surface area contributed by atoms with Crippen molar-refractivity contribution in [3.63, 3.8) is 0 Å². The van der Waals surface area contributed by atoms with E-state index in [0.29, 0.717) is 15.7 Å². The number of rotatable bonds is 6. The number of anilines is 2. The molecule has 0 aliphatic heterocycles. The topological polar surface area (TPSA) is 66.9 Å². The third kappa shape index (κ3) is 4.49. The number of thioether (sulfide) groups is 1. The van der Waals surface area contributed by atoms with Gasteiger partial charge in [-0.3, -0.25) is 4.79 Å². The number of amides is 1. The van der Waals surface area contributed by atoms with Gasteiger partial charge >= 0.3 is 0 Å². The number of carbonyl (C=O) groups excluding carboxylic acids is 1. The fourth-order valence-electron chi connectivity index (χ4n) is 1.53. The fourth-order valence-corrected chi connectivity index (χ4v) is 3.98. The molecule has 0 aliphatic rings. The summed E-state index contributed by atoms with van der Waals surface area (Å²) in [5, 5.41) is 15.1. The SMILES string of the molecule is CCNc1nnc(SC(C)C(=O)Nc2c(Cl)cccc2Cl)s1. The van der Waals surface area contributed by atoms with Crippen LogP contribution in [-0.2, 0) is 4.79 Å². The molecule has 118 valence electrons. The molecule has 22 heavy (non-hydrogen) atoms. The van der Waals surface area contributed by atoms with Crippen LogP contribution in [-0.4, -0.2) is 27.9 Å². The summed E-state index contributed by atoms with van der Waals surface area (Å²) in [7, 11) is 0. The lowest BCUT2D eigenvalue weighted by molar-refractivity contribution is -0.115. The summed E-state index contributed by atoms with van der Waals surface area (Å²) in [6.45, 7) is 4.55. The van der Waals surface area contributed by atoms with Gasteiger partial charge < -0.3 is 10.6 Å². The zero-order valence-corrected chi connectivity index (χ0v) is 15.0. The average molecular weight is 377 g/mol. The van der Waals surface area contributed by atoms with Crippen LogP contribution < -0.4 is 10.6 Å². The van der Waals surface area contributed by atoms with Gasteiger partial charge in [-0.05, 0) is 26.0 Å². The van der Waals surface area contributed by atoms with E-state index in [1.807, 2.05) is 6.92 Å². The lowest BCUT2D eigenvalue weighted by Gasteiger charge is -2.12. The Morgan fingerprint density at radius 3 is 2.68 bits per heavy atom. The molecule has 0 bridgehead atoms. The second-order valence-corrected chi connectivity index (χ2v) is 7.63. The van der Waals surface area contributed by atoms with Gasteiger partial charge in [0.05, 0.1) is 21.0 Å². The van der Waals surface area contributed by atoms with Gasteiger partial charge in [-0.15, -0.1) is 10.2 Å². The third-order valence-corrected chi connectivity index (χ3v) is 5.29. The molecule has 2 N–H and O–H groups in total. The Balaban J connectivity index is 1.99. The van der Waals surface area contributed by atoms with Crippen LogP contribution >= 0.6 is 46.3 Å².